The van der Waals surface area contributed by atoms with Gasteiger partial charge in [0.25, 0.3) is 0 Å². The Morgan fingerprint density at radius 3 is 2.15 bits per heavy atom. The van der Waals surface area contributed by atoms with Crippen molar-refractivity contribution in [1.82, 2.24) is 10.0 Å². The van der Waals surface area contributed by atoms with Gasteiger partial charge in [-0.1, -0.05) is 25.6 Å². The SMILES string of the molecule is C=C(CC(N=C(SC)c1ccc(NC(=O)NC(C)C)cc1)[C@H](C)C(C)N)S(=O)(=O)NC(C)(C)C. The van der Waals surface area contributed by atoms with Crippen LogP contribution in [0.2, 0.25) is 0 Å². The zero-order valence-electron chi connectivity index (χ0n) is 21.6. The average molecular weight is 512 g/mol. The van der Waals surface area contributed by atoms with Crippen LogP contribution in [-0.4, -0.2) is 49.4 Å². The molecule has 3 atom stereocenters. The van der Waals surface area contributed by atoms with Gasteiger partial charge >= 0.3 is 6.03 Å². The molecule has 0 saturated heterocycles. The fourth-order valence-electron chi connectivity index (χ4n) is 3.04. The Bertz CT molecular complexity index is 965. The van der Waals surface area contributed by atoms with E-state index in [0.29, 0.717) is 5.69 Å². The summed E-state index contributed by atoms with van der Waals surface area (Å²) in [6.07, 6.45) is 2.08. The highest BCUT2D eigenvalue weighted by atomic mass is 32.2. The monoisotopic (exact) mass is 511 g/mol. The van der Waals surface area contributed by atoms with Crippen LogP contribution in [-0.2, 0) is 10.0 Å². The van der Waals surface area contributed by atoms with Gasteiger partial charge in [-0.2, -0.15) is 0 Å². The Hall–Kier alpha value is -1.88. The molecule has 0 saturated carbocycles. The standard InChI is InChI=1S/C24H41N5O3S2/c1-15(2)26-23(30)27-20-12-10-19(11-13-20)22(33-9)28-21(17(4)18(5)25)14-16(3)34(31,32)29-24(6,7)8/h10-13,15,17-18,21,29H,3,14,25H2,1-2,4-9H3,(H2,26,27,30)/t17-,18?,21?/m1/s1. The van der Waals surface area contributed by atoms with E-state index >= 15 is 0 Å². The summed E-state index contributed by atoms with van der Waals surface area (Å²) in [6, 6.07) is 6.58. The van der Waals surface area contributed by atoms with Gasteiger partial charge in [0.05, 0.1) is 16.0 Å². The third-order valence-corrected chi connectivity index (χ3v) is 7.52. The number of hydrogen-bond acceptors (Lipinski definition) is 6. The molecule has 0 bridgehead atoms. The molecule has 0 spiro atoms. The summed E-state index contributed by atoms with van der Waals surface area (Å²) in [5.74, 6) is -0.0793. The topological polar surface area (TPSA) is 126 Å². The molecule has 192 valence electrons. The summed E-state index contributed by atoms with van der Waals surface area (Å²) in [5, 5.41) is 6.33. The van der Waals surface area contributed by atoms with Crippen LogP contribution >= 0.6 is 11.8 Å². The Morgan fingerprint density at radius 2 is 1.71 bits per heavy atom. The van der Waals surface area contributed by atoms with Gasteiger partial charge in [-0.25, -0.2) is 17.9 Å². The van der Waals surface area contributed by atoms with Gasteiger partial charge in [0, 0.05) is 35.3 Å². The number of rotatable bonds is 10. The predicted molar refractivity (Wildman–Crippen MR) is 146 cm³/mol. The number of anilines is 1. The van der Waals surface area contributed by atoms with Crippen molar-refractivity contribution < 1.29 is 13.2 Å². The molecule has 8 nitrogen and oxygen atoms in total. The average Bonchev–Trinajstić information content (AvgIpc) is 2.68. The Labute approximate surface area is 209 Å². The van der Waals surface area contributed by atoms with E-state index in [2.05, 4.69) is 21.9 Å². The fourth-order valence-corrected chi connectivity index (χ4v) is 4.99. The first-order valence-electron chi connectivity index (χ1n) is 11.3. The second kappa shape index (κ2) is 12.7. The number of urea groups is 1. The summed E-state index contributed by atoms with van der Waals surface area (Å²) >= 11 is 1.47. The minimum atomic E-state index is -3.71. The van der Waals surface area contributed by atoms with Gasteiger partial charge < -0.3 is 16.4 Å². The van der Waals surface area contributed by atoms with Crippen molar-refractivity contribution >= 4 is 38.5 Å². The molecule has 10 heteroatoms. The smallest absolute Gasteiger partial charge is 0.319 e. The number of nitrogens with zero attached hydrogens (tertiary/aromatic N) is 1. The van der Waals surface area contributed by atoms with E-state index in [1.807, 2.05) is 58.2 Å². The first kappa shape index (κ1) is 30.2. The molecular weight excluding hydrogens is 470 g/mol. The lowest BCUT2D eigenvalue weighted by Crippen LogP contribution is -2.42. The molecule has 0 fully saturated rings. The van der Waals surface area contributed by atoms with Crippen molar-refractivity contribution in [1.29, 1.82) is 0 Å². The van der Waals surface area contributed by atoms with Crippen LogP contribution in [0.5, 0.6) is 0 Å². The van der Waals surface area contributed by atoms with Gasteiger partial charge in [-0.05, 0) is 65.8 Å². The van der Waals surface area contributed by atoms with Crippen molar-refractivity contribution in [2.24, 2.45) is 16.6 Å². The highest BCUT2D eigenvalue weighted by molar-refractivity contribution is 8.13. The number of carbonyl (C=O) groups excluding carboxylic acids is 1. The van der Waals surface area contributed by atoms with Crippen molar-refractivity contribution in [3.63, 3.8) is 0 Å². The summed E-state index contributed by atoms with van der Waals surface area (Å²) in [7, 11) is -3.71. The van der Waals surface area contributed by atoms with Crippen molar-refractivity contribution in [2.45, 2.75) is 78.6 Å². The minimum absolute atomic E-state index is 0.0375. The number of carbonyl (C=O) groups is 1. The van der Waals surface area contributed by atoms with Crippen molar-refractivity contribution in [3.8, 4) is 0 Å². The maximum atomic E-state index is 12.8. The van der Waals surface area contributed by atoms with Gasteiger partial charge in [0.15, 0.2) is 0 Å². The second-order valence-electron chi connectivity index (χ2n) is 9.85. The molecule has 0 heterocycles. The maximum absolute atomic E-state index is 12.8. The van der Waals surface area contributed by atoms with E-state index in [9.17, 15) is 13.2 Å². The van der Waals surface area contributed by atoms with Crippen LogP contribution in [0, 0.1) is 5.92 Å². The van der Waals surface area contributed by atoms with E-state index in [1.54, 1.807) is 20.8 Å². The first-order valence-corrected chi connectivity index (χ1v) is 14.0. The molecule has 1 rings (SSSR count). The number of aliphatic imine (C=N–C) groups is 1. The molecule has 0 aliphatic carbocycles. The Morgan fingerprint density at radius 1 is 1.15 bits per heavy atom. The van der Waals surface area contributed by atoms with E-state index < -0.39 is 15.6 Å². The lowest BCUT2D eigenvalue weighted by Gasteiger charge is -2.27. The zero-order chi connectivity index (χ0) is 26.3. The molecule has 1 aromatic rings. The maximum Gasteiger partial charge on any atom is 0.319 e. The van der Waals surface area contributed by atoms with Crippen LogP contribution in [0.1, 0.15) is 60.5 Å². The Balaban J connectivity index is 3.18. The molecule has 0 aliphatic heterocycles. The molecule has 0 aromatic heterocycles. The van der Waals surface area contributed by atoms with Crippen LogP contribution in [0.3, 0.4) is 0 Å². The van der Waals surface area contributed by atoms with Crippen LogP contribution in [0.15, 0.2) is 40.7 Å². The quantitative estimate of drug-likeness (QED) is 0.275. The van der Waals surface area contributed by atoms with Gasteiger partial charge in [0.2, 0.25) is 10.0 Å². The van der Waals surface area contributed by atoms with Crippen LogP contribution in [0.25, 0.3) is 0 Å². The predicted octanol–water partition coefficient (Wildman–Crippen LogP) is 4.30. The lowest BCUT2D eigenvalue weighted by atomic mass is 9.93. The Kier molecular flexibility index (Phi) is 11.3. The summed E-state index contributed by atoms with van der Waals surface area (Å²) in [5.41, 5.74) is 7.08. The van der Waals surface area contributed by atoms with Crippen LogP contribution in [0.4, 0.5) is 10.5 Å². The molecule has 2 unspecified atom stereocenters. The number of nitrogens with two attached hydrogens (primary N) is 1. The number of sulfonamides is 1. The van der Waals surface area contributed by atoms with Gasteiger partial charge in [-0.3, -0.25) is 4.99 Å². The normalized spacial score (nSPS) is 15.5. The summed E-state index contributed by atoms with van der Waals surface area (Å²) in [4.78, 5) is 16.9. The first-order chi connectivity index (χ1) is 15.6. The highest BCUT2D eigenvalue weighted by Gasteiger charge is 2.28. The molecule has 1 aromatic carbocycles. The fraction of sp³-hybridized carbons (Fsp3) is 0.583. The number of amides is 2. The van der Waals surface area contributed by atoms with Gasteiger partial charge in [-0.15, -0.1) is 11.8 Å². The molecule has 0 radical (unpaired) electrons. The second-order valence-corrected chi connectivity index (χ2v) is 12.4. The third-order valence-electron chi connectivity index (χ3n) is 4.98. The van der Waals surface area contributed by atoms with Crippen molar-refractivity contribution in [3.05, 3.63) is 41.3 Å². The van der Waals surface area contributed by atoms with Crippen molar-refractivity contribution in [2.75, 3.05) is 11.6 Å². The summed E-state index contributed by atoms with van der Waals surface area (Å²) < 4.78 is 28.2. The van der Waals surface area contributed by atoms with E-state index in [-0.39, 0.29) is 41.4 Å². The highest BCUT2D eigenvalue weighted by Crippen LogP contribution is 2.25. The number of thioether (sulfide) groups is 1. The third kappa shape index (κ3) is 10.2. The molecule has 2 amide bonds. The molecular formula is C24H41N5O3S2. The number of hydrogen-bond donors (Lipinski definition) is 4. The van der Waals surface area contributed by atoms with Crippen LogP contribution < -0.4 is 21.1 Å². The summed E-state index contributed by atoms with van der Waals surface area (Å²) in [6.45, 7) is 16.8. The van der Waals surface area contributed by atoms with E-state index in [0.717, 1.165) is 10.6 Å². The van der Waals surface area contributed by atoms with Gasteiger partial charge in [0.1, 0.15) is 0 Å². The minimum Gasteiger partial charge on any atom is -0.336 e. The number of benzene rings is 1. The molecule has 0 aliphatic rings. The lowest BCUT2D eigenvalue weighted by molar-refractivity contribution is 0.250. The zero-order valence-corrected chi connectivity index (χ0v) is 23.2. The largest absolute Gasteiger partial charge is 0.336 e. The van der Waals surface area contributed by atoms with E-state index in [1.165, 1.54) is 11.8 Å². The number of nitrogens with one attached hydrogen (secondary N) is 3. The molecule has 34 heavy (non-hydrogen) atoms. The van der Waals surface area contributed by atoms with E-state index in [4.69, 9.17) is 10.7 Å². The molecule has 5 N–H and O–H groups in total.